The van der Waals surface area contributed by atoms with Gasteiger partial charge in [0.05, 0.1) is 5.25 Å². The number of allylic oxidation sites excluding steroid dienone is 8. The van der Waals surface area contributed by atoms with Crippen LogP contribution in [0.2, 0.25) is 0 Å². The molecule has 0 amide bonds. The van der Waals surface area contributed by atoms with E-state index in [9.17, 15) is 0 Å². The first-order chi connectivity index (χ1) is 11.7. The van der Waals surface area contributed by atoms with E-state index < -0.39 is 0 Å². The lowest BCUT2D eigenvalue weighted by Crippen LogP contribution is -2.10. The van der Waals surface area contributed by atoms with E-state index in [4.69, 9.17) is 0 Å². The van der Waals surface area contributed by atoms with Crippen LogP contribution in [0.15, 0.2) is 87.4 Å². The normalized spacial score (nSPS) is 26.6. The molecule has 4 aliphatic rings. The van der Waals surface area contributed by atoms with Crippen molar-refractivity contribution in [2.45, 2.75) is 31.4 Å². The van der Waals surface area contributed by atoms with Crippen molar-refractivity contribution in [3.8, 4) is 0 Å². The van der Waals surface area contributed by atoms with Crippen molar-refractivity contribution < 1.29 is 0 Å². The number of thioether (sulfide) groups is 1. The van der Waals surface area contributed by atoms with Crippen LogP contribution in [-0.2, 0) is 0 Å². The molecule has 118 valence electrons. The Morgan fingerprint density at radius 3 is 2.83 bits per heavy atom. The molecule has 1 aliphatic heterocycles. The Morgan fingerprint density at radius 1 is 1.04 bits per heavy atom. The zero-order valence-corrected chi connectivity index (χ0v) is 14.9. The molecule has 0 nitrogen and oxygen atoms in total. The van der Waals surface area contributed by atoms with Crippen molar-refractivity contribution >= 4 is 17.8 Å². The van der Waals surface area contributed by atoms with Crippen LogP contribution in [0, 0.1) is 0 Å². The number of hydrogen-bond acceptors (Lipinski definition) is 1. The minimum Gasteiger partial charge on any atom is -0.122 e. The number of benzene rings is 1. The fraction of sp³-hybridized carbons (Fsp3) is 0.217. The molecular formula is C23H20S. The molecule has 0 aromatic heterocycles. The van der Waals surface area contributed by atoms with Gasteiger partial charge in [0.1, 0.15) is 0 Å². The first kappa shape index (κ1) is 14.4. The maximum atomic E-state index is 2.50. The van der Waals surface area contributed by atoms with Gasteiger partial charge in [-0.2, -0.15) is 0 Å². The molecule has 0 fully saturated rings. The van der Waals surface area contributed by atoms with E-state index in [0.29, 0.717) is 11.2 Å². The van der Waals surface area contributed by atoms with Crippen molar-refractivity contribution in [3.63, 3.8) is 0 Å². The summed E-state index contributed by atoms with van der Waals surface area (Å²) >= 11 is 1.93. The highest BCUT2D eigenvalue weighted by molar-refractivity contribution is 8.03. The smallest absolute Gasteiger partial charge is 0.0530 e. The zero-order valence-electron chi connectivity index (χ0n) is 14.0. The fourth-order valence-electron chi connectivity index (χ4n) is 4.39. The summed E-state index contributed by atoms with van der Waals surface area (Å²) in [6, 6.07) is 8.81. The van der Waals surface area contributed by atoms with E-state index in [1.54, 1.807) is 5.57 Å². The topological polar surface area (TPSA) is 0 Å². The zero-order chi connectivity index (χ0) is 16.3. The summed E-state index contributed by atoms with van der Waals surface area (Å²) in [4.78, 5) is 0. The molecule has 5 rings (SSSR count). The van der Waals surface area contributed by atoms with E-state index in [1.807, 2.05) is 11.8 Å². The second-order valence-electron chi connectivity index (χ2n) is 7.04. The molecule has 2 unspecified atom stereocenters. The van der Waals surface area contributed by atoms with Crippen molar-refractivity contribution in [2.24, 2.45) is 0 Å². The quantitative estimate of drug-likeness (QED) is 0.611. The largest absolute Gasteiger partial charge is 0.122 e. The molecule has 1 heteroatoms. The van der Waals surface area contributed by atoms with Gasteiger partial charge in [0.15, 0.2) is 0 Å². The summed E-state index contributed by atoms with van der Waals surface area (Å²) in [6.45, 7) is 4.57. The van der Waals surface area contributed by atoms with Crippen molar-refractivity contribution in [3.05, 3.63) is 98.5 Å². The number of hydrogen-bond donors (Lipinski definition) is 0. The average Bonchev–Trinajstić information content (AvgIpc) is 3.28. The van der Waals surface area contributed by atoms with Crippen LogP contribution in [0.1, 0.15) is 37.3 Å². The van der Waals surface area contributed by atoms with Gasteiger partial charge < -0.3 is 0 Å². The summed E-state index contributed by atoms with van der Waals surface area (Å²) in [7, 11) is 0. The van der Waals surface area contributed by atoms with Crippen LogP contribution < -0.4 is 0 Å². The van der Waals surface area contributed by atoms with Crippen LogP contribution in [0.25, 0.3) is 6.08 Å². The van der Waals surface area contributed by atoms with Crippen LogP contribution >= 0.6 is 11.8 Å². The van der Waals surface area contributed by atoms with Crippen LogP contribution in [0.3, 0.4) is 0 Å². The number of rotatable bonds is 2. The molecule has 24 heavy (non-hydrogen) atoms. The monoisotopic (exact) mass is 328 g/mol. The maximum absolute atomic E-state index is 2.50. The summed E-state index contributed by atoms with van der Waals surface area (Å²) < 4.78 is 0. The third kappa shape index (κ3) is 2.01. The van der Waals surface area contributed by atoms with E-state index in [2.05, 4.69) is 73.9 Å². The van der Waals surface area contributed by atoms with Gasteiger partial charge in [0.25, 0.3) is 0 Å². The maximum Gasteiger partial charge on any atom is 0.0530 e. The van der Waals surface area contributed by atoms with Gasteiger partial charge in [0.2, 0.25) is 0 Å². The number of fused-ring (bicyclic) bond motifs is 3. The molecule has 0 bridgehead atoms. The Bertz CT molecular complexity index is 931. The summed E-state index contributed by atoms with van der Waals surface area (Å²) in [5.74, 6) is 0.514. The SMILES string of the molecule is CC1=C(CC2C=Cc3ccccc32)C2=CC3SC=CC3=C(C)C2=C1. The highest BCUT2D eigenvalue weighted by Gasteiger charge is 2.32. The van der Waals surface area contributed by atoms with Gasteiger partial charge >= 0.3 is 0 Å². The second-order valence-corrected chi connectivity index (χ2v) is 8.09. The van der Waals surface area contributed by atoms with Gasteiger partial charge in [0, 0.05) is 5.92 Å². The molecular weight excluding hydrogens is 308 g/mol. The van der Waals surface area contributed by atoms with E-state index in [1.165, 1.54) is 39.0 Å². The van der Waals surface area contributed by atoms with E-state index in [-0.39, 0.29) is 0 Å². The minimum atomic E-state index is 0.514. The third-order valence-corrected chi connectivity index (χ3v) is 6.69. The van der Waals surface area contributed by atoms with Crippen LogP contribution in [0.4, 0.5) is 0 Å². The van der Waals surface area contributed by atoms with Gasteiger partial charge in [-0.15, -0.1) is 11.8 Å². The molecule has 1 heterocycles. The Labute approximate surface area is 148 Å². The Balaban J connectivity index is 1.49. The van der Waals surface area contributed by atoms with E-state index >= 15 is 0 Å². The predicted octanol–water partition coefficient (Wildman–Crippen LogP) is 6.33. The second kappa shape index (κ2) is 5.26. The molecule has 3 aliphatic carbocycles. The lowest BCUT2D eigenvalue weighted by molar-refractivity contribution is 0.841. The van der Waals surface area contributed by atoms with Crippen molar-refractivity contribution in [1.29, 1.82) is 0 Å². The van der Waals surface area contributed by atoms with Crippen LogP contribution in [0.5, 0.6) is 0 Å². The fourth-order valence-corrected chi connectivity index (χ4v) is 5.40. The first-order valence-corrected chi connectivity index (χ1v) is 9.61. The van der Waals surface area contributed by atoms with Gasteiger partial charge in [-0.1, -0.05) is 54.6 Å². The molecule has 1 aromatic carbocycles. The van der Waals surface area contributed by atoms with E-state index in [0.717, 1.165) is 6.42 Å². The average molecular weight is 328 g/mol. The Hall–Kier alpha value is -1.99. The highest BCUT2D eigenvalue weighted by atomic mass is 32.2. The first-order valence-electron chi connectivity index (χ1n) is 8.66. The molecule has 0 N–H and O–H groups in total. The van der Waals surface area contributed by atoms with Crippen molar-refractivity contribution in [2.75, 3.05) is 0 Å². The minimum absolute atomic E-state index is 0.514. The molecule has 0 radical (unpaired) electrons. The van der Waals surface area contributed by atoms with Gasteiger partial charge in [-0.05, 0) is 70.2 Å². The summed E-state index contributed by atoms with van der Waals surface area (Å²) in [6.07, 6.45) is 13.0. The molecule has 0 saturated heterocycles. The molecule has 2 atom stereocenters. The van der Waals surface area contributed by atoms with Crippen LogP contribution in [-0.4, -0.2) is 5.25 Å². The third-order valence-electron chi connectivity index (χ3n) is 5.71. The Morgan fingerprint density at radius 2 is 1.92 bits per heavy atom. The molecule has 0 saturated carbocycles. The lowest BCUT2D eigenvalue weighted by Gasteiger charge is -2.23. The molecule has 0 spiro atoms. The molecule has 1 aromatic rings. The highest BCUT2D eigenvalue weighted by Crippen LogP contribution is 2.49. The summed E-state index contributed by atoms with van der Waals surface area (Å²) in [5.41, 5.74) is 11.8. The standard InChI is InChI=1S/C23H20S/c1-14-11-21-15(2)18-9-10-24-23(18)13-22(21)20(14)12-17-8-7-16-5-3-4-6-19(16)17/h3-11,13,17,23H,12H2,1-2H3. The van der Waals surface area contributed by atoms with Crippen molar-refractivity contribution in [1.82, 2.24) is 0 Å². The Kier molecular flexibility index (Phi) is 3.14. The summed E-state index contributed by atoms with van der Waals surface area (Å²) in [5, 5.41) is 2.76. The van der Waals surface area contributed by atoms with Gasteiger partial charge in [-0.25, -0.2) is 0 Å². The lowest BCUT2D eigenvalue weighted by atomic mass is 9.83. The predicted molar refractivity (Wildman–Crippen MR) is 105 cm³/mol. The van der Waals surface area contributed by atoms with Gasteiger partial charge in [-0.3, -0.25) is 0 Å².